The number of amides is 1. The van der Waals surface area contributed by atoms with Gasteiger partial charge in [0.05, 0.1) is 26.2 Å². The second kappa shape index (κ2) is 11.7. The Balaban J connectivity index is 1.55. The monoisotopic (exact) mass is 551 g/mol. The Hall–Kier alpha value is -3.63. The van der Waals surface area contributed by atoms with Crippen LogP contribution in [0.25, 0.3) is 17.1 Å². The molecule has 1 heterocycles. The number of nitrogens with zero attached hydrogens (tertiary/aromatic N) is 4. The van der Waals surface area contributed by atoms with Gasteiger partial charge in [0.15, 0.2) is 22.5 Å². The first-order valence-corrected chi connectivity index (χ1v) is 12.3. The molecule has 0 radical (unpaired) electrons. The second-order valence-electron chi connectivity index (χ2n) is 7.15. The fraction of sp³-hybridized carbons (Fsp3) is 0.120. The van der Waals surface area contributed by atoms with E-state index in [1.54, 1.807) is 20.4 Å². The van der Waals surface area contributed by atoms with Gasteiger partial charge in [-0.2, -0.15) is 5.10 Å². The average molecular weight is 552 g/mol. The van der Waals surface area contributed by atoms with Crippen molar-refractivity contribution in [3.05, 3.63) is 82.8 Å². The Morgan fingerprint density at radius 3 is 2.51 bits per heavy atom. The lowest BCUT2D eigenvalue weighted by Crippen LogP contribution is -2.20. The molecule has 0 saturated heterocycles. The molecule has 0 aliphatic rings. The molecule has 0 saturated carbocycles. The minimum Gasteiger partial charge on any atom is -0.493 e. The zero-order chi connectivity index (χ0) is 24.6. The van der Waals surface area contributed by atoms with Crippen molar-refractivity contribution in [1.29, 1.82) is 0 Å². The average Bonchev–Trinajstić information content (AvgIpc) is 3.32. The SMILES string of the molecule is COc1ccc(-c2nnc(SCC(=O)NN=Cc3ccccc3Br)n2-c2ccccc2)cc1OC. The van der Waals surface area contributed by atoms with Crippen LogP contribution in [0.5, 0.6) is 11.5 Å². The van der Waals surface area contributed by atoms with Crippen molar-refractivity contribution >= 4 is 39.8 Å². The molecule has 0 aliphatic carbocycles. The Kier molecular flexibility index (Phi) is 8.17. The highest BCUT2D eigenvalue weighted by Gasteiger charge is 2.18. The van der Waals surface area contributed by atoms with Crippen LogP contribution >= 0.6 is 27.7 Å². The van der Waals surface area contributed by atoms with Gasteiger partial charge in [0.25, 0.3) is 5.91 Å². The summed E-state index contributed by atoms with van der Waals surface area (Å²) in [5.41, 5.74) is 5.09. The van der Waals surface area contributed by atoms with E-state index in [1.165, 1.54) is 11.8 Å². The largest absolute Gasteiger partial charge is 0.493 e. The number of hydrogen-bond acceptors (Lipinski definition) is 7. The van der Waals surface area contributed by atoms with Crippen LogP contribution in [0.4, 0.5) is 0 Å². The van der Waals surface area contributed by atoms with Crippen molar-refractivity contribution in [3.8, 4) is 28.6 Å². The Morgan fingerprint density at radius 1 is 1.03 bits per heavy atom. The normalized spacial score (nSPS) is 10.9. The number of para-hydroxylation sites is 1. The van der Waals surface area contributed by atoms with Crippen LogP contribution in [-0.2, 0) is 4.79 Å². The van der Waals surface area contributed by atoms with Gasteiger partial charge in [-0.25, -0.2) is 5.43 Å². The van der Waals surface area contributed by atoms with Crippen molar-refractivity contribution in [1.82, 2.24) is 20.2 Å². The standard InChI is InChI=1S/C25H22BrN5O3S/c1-33-21-13-12-17(14-22(21)34-2)24-29-30-25(31(24)19-9-4-3-5-10-19)35-16-23(32)28-27-15-18-8-6-7-11-20(18)26/h3-15H,16H2,1-2H3,(H,28,32). The topological polar surface area (TPSA) is 90.6 Å². The molecule has 1 amide bonds. The predicted octanol–water partition coefficient (Wildman–Crippen LogP) is 4.96. The number of nitrogens with one attached hydrogen (secondary N) is 1. The molecule has 1 aromatic heterocycles. The van der Waals surface area contributed by atoms with Gasteiger partial charge in [0.2, 0.25) is 0 Å². The summed E-state index contributed by atoms with van der Waals surface area (Å²) in [6.07, 6.45) is 1.59. The van der Waals surface area contributed by atoms with Gasteiger partial charge < -0.3 is 9.47 Å². The highest BCUT2D eigenvalue weighted by Crippen LogP contribution is 2.34. The number of rotatable bonds is 9. The number of carbonyl (C=O) groups excluding carboxylic acids is 1. The quantitative estimate of drug-likeness (QED) is 0.180. The maximum Gasteiger partial charge on any atom is 0.250 e. The summed E-state index contributed by atoms with van der Waals surface area (Å²) in [6, 6.07) is 22.9. The summed E-state index contributed by atoms with van der Waals surface area (Å²) >= 11 is 4.72. The molecule has 4 rings (SSSR count). The van der Waals surface area contributed by atoms with Gasteiger partial charge in [0.1, 0.15) is 0 Å². The summed E-state index contributed by atoms with van der Waals surface area (Å²) in [5, 5.41) is 13.4. The molecule has 0 atom stereocenters. The number of ether oxygens (including phenoxy) is 2. The molecule has 4 aromatic rings. The number of hydrazone groups is 1. The van der Waals surface area contributed by atoms with E-state index in [-0.39, 0.29) is 11.7 Å². The summed E-state index contributed by atoms with van der Waals surface area (Å²) in [5.74, 6) is 1.69. The molecular formula is C25H22BrN5O3S. The molecule has 1 N–H and O–H groups in total. The van der Waals surface area contributed by atoms with Crippen molar-refractivity contribution in [2.24, 2.45) is 5.10 Å². The van der Waals surface area contributed by atoms with Gasteiger partial charge in [-0.15, -0.1) is 10.2 Å². The number of halogens is 1. The van der Waals surface area contributed by atoms with Gasteiger partial charge in [-0.3, -0.25) is 9.36 Å². The molecule has 0 unspecified atom stereocenters. The first-order valence-electron chi connectivity index (χ1n) is 10.5. The third-order valence-electron chi connectivity index (χ3n) is 4.92. The summed E-state index contributed by atoms with van der Waals surface area (Å²) in [7, 11) is 3.18. The highest BCUT2D eigenvalue weighted by molar-refractivity contribution is 9.10. The molecule has 3 aromatic carbocycles. The minimum atomic E-state index is -0.256. The van der Waals surface area contributed by atoms with Crippen molar-refractivity contribution in [2.75, 3.05) is 20.0 Å². The maximum absolute atomic E-state index is 12.4. The van der Waals surface area contributed by atoms with Gasteiger partial charge >= 0.3 is 0 Å². The second-order valence-corrected chi connectivity index (χ2v) is 8.95. The van der Waals surface area contributed by atoms with E-state index in [9.17, 15) is 4.79 Å². The molecular weight excluding hydrogens is 530 g/mol. The van der Waals surface area contributed by atoms with E-state index in [0.29, 0.717) is 22.5 Å². The lowest BCUT2D eigenvalue weighted by atomic mass is 10.2. The number of aromatic nitrogens is 3. The number of benzene rings is 3. The molecule has 0 bridgehead atoms. The summed E-state index contributed by atoms with van der Waals surface area (Å²) < 4.78 is 13.6. The summed E-state index contributed by atoms with van der Waals surface area (Å²) in [6.45, 7) is 0. The van der Waals surface area contributed by atoms with E-state index >= 15 is 0 Å². The molecule has 0 aliphatic heterocycles. The van der Waals surface area contributed by atoms with Crippen molar-refractivity contribution in [3.63, 3.8) is 0 Å². The molecule has 178 valence electrons. The minimum absolute atomic E-state index is 0.115. The van der Waals surface area contributed by atoms with E-state index < -0.39 is 0 Å². The van der Waals surface area contributed by atoms with Crippen LogP contribution in [0.1, 0.15) is 5.56 Å². The van der Waals surface area contributed by atoms with Crippen LogP contribution < -0.4 is 14.9 Å². The van der Waals surface area contributed by atoms with Crippen LogP contribution in [0.2, 0.25) is 0 Å². The van der Waals surface area contributed by atoms with Gasteiger partial charge in [-0.05, 0) is 36.4 Å². The molecule has 0 spiro atoms. The number of thioether (sulfide) groups is 1. The first kappa shape index (κ1) is 24.5. The van der Waals surface area contributed by atoms with E-state index in [1.807, 2.05) is 77.4 Å². The maximum atomic E-state index is 12.4. The summed E-state index contributed by atoms with van der Waals surface area (Å²) in [4.78, 5) is 12.4. The fourth-order valence-corrected chi connectivity index (χ4v) is 4.38. The third kappa shape index (κ3) is 5.90. The van der Waals surface area contributed by atoms with Crippen LogP contribution in [-0.4, -0.2) is 46.9 Å². The zero-order valence-electron chi connectivity index (χ0n) is 19.0. The molecule has 0 fully saturated rings. The van der Waals surface area contributed by atoms with Crippen molar-refractivity contribution in [2.45, 2.75) is 5.16 Å². The van der Waals surface area contributed by atoms with Crippen LogP contribution in [0, 0.1) is 0 Å². The highest BCUT2D eigenvalue weighted by atomic mass is 79.9. The molecule has 8 nitrogen and oxygen atoms in total. The Labute approximate surface area is 215 Å². The van der Waals surface area contributed by atoms with E-state index in [0.717, 1.165) is 21.3 Å². The number of hydrogen-bond donors (Lipinski definition) is 1. The van der Waals surface area contributed by atoms with Gasteiger partial charge in [0, 0.05) is 21.3 Å². The lowest BCUT2D eigenvalue weighted by molar-refractivity contribution is -0.118. The smallest absolute Gasteiger partial charge is 0.250 e. The lowest BCUT2D eigenvalue weighted by Gasteiger charge is -2.12. The Bertz CT molecular complexity index is 1340. The van der Waals surface area contributed by atoms with Crippen LogP contribution in [0.15, 0.2) is 87.5 Å². The van der Waals surface area contributed by atoms with E-state index in [2.05, 4.69) is 36.7 Å². The van der Waals surface area contributed by atoms with Crippen LogP contribution in [0.3, 0.4) is 0 Å². The van der Waals surface area contributed by atoms with Gasteiger partial charge in [-0.1, -0.05) is 64.1 Å². The predicted molar refractivity (Wildman–Crippen MR) is 141 cm³/mol. The molecule has 35 heavy (non-hydrogen) atoms. The fourth-order valence-electron chi connectivity index (χ4n) is 3.25. The van der Waals surface area contributed by atoms with E-state index in [4.69, 9.17) is 9.47 Å². The first-order chi connectivity index (χ1) is 17.1. The Morgan fingerprint density at radius 2 is 1.77 bits per heavy atom. The number of carbonyl (C=O) groups is 1. The van der Waals surface area contributed by atoms with Crippen molar-refractivity contribution < 1.29 is 14.3 Å². The third-order valence-corrected chi connectivity index (χ3v) is 6.57. The zero-order valence-corrected chi connectivity index (χ0v) is 21.4. The number of methoxy groups -OCH3 is 2. The molecule has 10 heteroatoms.